The fraction of sp³-hybridized carbons (Fsp3) is 0.143. The van der Waals surface area contributed by atoms with E-state index in [4.69, 9.17) is 5.39 Å². The van der Waals surface area contributed by atoms with E-state index < -0.39 is 0 Å². The molecule has 0 bridgehead atoms. The van der Waals surface area contributed by atoms with Gasteiger partial charge in [0.25, 0.3) is 0 Å². The van der Waals surface area contributed by atoms with Crippen LogP contribution in [0.1, 0.15) is 5.56 Å². The molecule has 0 spiro atoms. The third-order valence-corrected chi connectivity index (χ3v) is 1.85. The van der Waals surface area contributed by atoms with Crippen LogP contribution in [0.3, 0.4) is 0 Å². The number of halogens is 1. The highest BCUT2D eigenvalue weighted by Crippen LogP contribution is 2.13. The molecule has 0 aliphatic carbocycles. The summed E-state index contributed by atoms with van der Waals surface area (Å²) in [7, 11) is 0. The third-order valence-electron chi connectivity index (χ3n) is 1.21. The molecular weight excluding hydrogens is 192 g/mol. The van der Waals surface area contributed by atoms with Gasteiger partial charge in [-0.3, -0.25) is 0 Å². The van der Waals surface area contributed by atoms with Gasteiger partial charge in [-0.1, -0.05) is 28.1 Å². The number of diazo groups is 1. The number of nitrogens with zero attached hydrogens (tertiary/aromatic N) is 2. The van der Waals surface area contributed by atoms with E-state index in [1.165, 1.54) is 5.56 Å². The van der Waals surface area contributed by atoms with E-state index >= 15 is 0 Å². The lowest BCUT2D eigenvalue weighted by Gasteiger charge is -1.87. The fourth-order valence-electron chi connectivity index (χ4n) is 0.652. The van der Waals surface area contributed by atoms with Crippen LogP contribution in [-0.2, 0) is 5.33 Å². The molecule has 0 fully saturated rings. The average molecular weight is 198 g/mol. The lowest BCUT2D eigenvalue weighted by molar-refractivity contribution is 1.42. The van der Waals surface area contributed by atoms with Gasteiger partial charge in [-0.15, -0.1) is 0 Å². The highest BCUT2D eigenvalue weighted by molar-refractivity contribution is 9.08. The first kappa shape index (κ1) is 7.23. The summed E-state index contributed by atoms with van der Waals surface area (Å²) in [6.45, 7) is 0. The van der Waals surface area contributed by atoms with E-state index in [2.05, 4.69) is 20.9 Å². The van der Waals surface area contributed by atoms with E-state index in [0.717, 1.165) is 5.33 Å². The average Bonchev–Trinajstić information content (AvgIpc) is 2.05. The van der Waals surface area contributed by atoms with Crippen LogP contribution in [-0.4, -0.2) is 0 Å². The lowest BCUT2D eigenvalue weighted by atomic mass is 10.2. The molecule has 1 aromatic rings. The molecule has 1 rings (SSSR count). The first-order chi connectivity index (χ1) is 4.86. The van der Waals surface area contributed by atoms with E-state index in [0.29, 0.717) is 5.69 Å². The summed E-state index contributed by atoms with van der Waals surface area (Å²) in [5.74, 6) is 0. The quantitative estimate of drug-likeness (QED) is 0.503. The summed E-state index contributed by atoms with van der Waals surface area (Å²) in [5.41, 5.74) is 1.76. The second-order valence-electron chi connectivity index (χ2n) is 1.90. The van der Waals surface area contributed by atoms with Crippen molar-refractivity contribution < 1.29 is 0 Å². The topological polar surface area (TPSA) is 28.1 Å². The Balaban J connectivity index is 2.93. The van der Waals surface area contributed by atoms with Crippen LogP contribution in [0.2, 0.25) is 0 Å². The van der Waals surface area contributed by atoms with Crippen LogP contribution in [0.5, 0.6) is 0 Å². The van der Waals surface area contributed by atoms with Gasteiger partial charge in [0.1, 0.15) is 0 Å². The molecule has 0 aromatic heterocycles. The highest BCUT2D eigenvalue weighted by Gasteiger charge is 2.00. The van der Waals surface area contributed by atoms with Crippen LogP contribution in [0.25, 0.3) is 4.98 Å². The Kier molecular flexibility index (Phi) is 2.41. The maximum Gasteiger partial charge on any atom is 0.385 e. The predicted octanol–water partition coefficient (Wildman–Crippen LogP) is 3.07. The number of hydrogen-bond acceptors (Lipinski definition) is 1. The third kappa shape index (κ3) is 1.55. The zero-order chi connectivity index (χ0) is 7.40. The molecule has 0 aliphatic rings. The zero-order valence-corrected chi connectivity index (χ0v) is 6.87. The number of benzene rings is 1. The van der Waals surface area contributed by atoms with Gasteiger partial charge in [0.2, 0.25) is 5.39 Å². The molecule has 0 atom stereocenters. The molecular formula is C7H6BrN2+. The molecule has 0 radical (unpaired) electrons. The minimum Gasteiger partial charge on any atom is -0.0876 e. The predicted molar refractivity (Wildman–Crippen MR) is 43.8 cm³/mol. The van der Waals surface area contributed by atoms with Crippen LogP contribution >= 0.6 is 15.9 Å². The standard InChI is InChI=1S/C7H6BrN2/c8-5-6-1-3-7(10-9)4-2-6/h1-4H,5H2/q+1. The molecule has 3 heteroatoms. The maximum atomic E-state index is 8.31. The van der Waals surface area contributed by atoms with Crippen molar-refractivity contribution in [3.63, 3.8) is 0 Å². The van der Waals surface area contributed by atoms with Crippen molar-refractivity contribution >= 4 is 21.6 Å². The van der Waals surface area contributed by atoms with Crippen LogP contribution in [0, 0.1) is 5.39 Å². The highest BCUT2D eigenvalue weighted by atomic mass is 79.9. The Bertz CT molecular complexity index is 247. The van der Waals surface area contributed by atoms with Gasteiger partial charge in [-0.2, -0.15) is 0 Å². The Morgan fingerprint density at radius 2 is 1.90 bits per heavy atom. The summed E-state index contributed by atoms with van der Waals surface area (Å²) in [6.07, 6.45) is 0. The van der Waals surface area contributed by atoms with E-state index in [-0.39, 0.29) is 0 Å². The summed E-state index contributed by atoms with van der Waals surface area (Å²) in [5, 5.41) is 9.15. The van der Waals surface area contributed by atoms with E-state index in [9.17, 15) is 0 Å². The Hall–Kier alpha value is -0.880. The minimum atomic E-state index is 0.588. The van der Waals surface area contributed by atoms with E-state index in [1.807, 2.05) is 12.1 Å². The van der Waals surface area contributed by atoms with E-state index in [1.54, 1.807) is 12.1 Å². The van der Waals surface area contributed by atoms with Gasteiger partial charge in [0.15, 0.2) is 4.98 Å². The Morgan fingerprint density at radius 1 is 1.30 bits per heavy atom. The van der Waals surface area contributed by atoms with Crippen molar-refractivity contribution in [2.24, 2.45) is 0 Å². The van der Waals surface area contributed by atoms with Crippen molar-refractivity contribution in [3.05, 3.63) is 34.8 Å². The molecule has 0 unspecified atom stereocenters. The minimum absolute atomic E-state index is 0.588. The van der Waals surface area contributed by atoms with Crippen LogP contribution < -0.4 is 0 Å². The molecule has 2 nitrogen and oxygen atoms in total. The second kappa shape index (κ2) is 3.33. The molecule has 0 N–H and O–H groups in total. The number of alkyl halides is 1. The maximum absolute atomic E-state index is 8.31. The van der Waals surface area contributed by atoms with Gasteiger partial charge >= 0.3 is 5.69 Å². The Morgan fingerprint density at radius 3 is 2.30 bits per heavy atom. The molecule has 0 amide bonds. The van der Waals surface area contributed by atoms with Crippen molar-refractivity contribution in [1.82, 2.24) is 0 Å². The summed E-state index contributed by atoms with van der Waals surface area (Å²) >= 11 is 3.31. The van der Waals surface area contributed by atoms with Crippen molar-refractivity contribution in [1.29, 1.82) is 5.39 Å². The molecule has 50 valence electrons. The summed E-state index contributed by atoms with van der Waals surface area (Å²) < 4.78 is 0. The number of rotatable bonds is 1. The molecule has 0 saturated heterocycles. The van der Waals surface area contributed by atoms with Gasteiger partial charge in [0, 0.05) is 17.5 Å². The van der Waals surface area contributed by atoms with Gasteiger partial charge in [0.05, 0.1) is 0 Å². The normalized spacial score (nSPS) is 8.80. The van der Waals surface area contributed by atoms with Crippen molar-refractivity contribution in [2.75, 3.05) is 0 Å². The smallest absolute Gasteiger partial charge is 0.0876 e. The van der Waals surface area contributed by atoms with Crippen molar-refractivity contribution in [3.8, 4) is 0 Å². The monoisotopic (exact) mass is 197 g/mol. The molecule has 0 heterocycles. The molecule has 0 saturated carbocycles. The summed E-state index contributed by atoms with van der Waals surface area (Å²) in [4.78, 5) is 3.03. The van der Waals surface area contributed by atoms with Gasteiger partial charge < -0.3 is 0 Å². The van der Waals surface area contributed by atoms with Crippen molar-refractivity contribution in [2.45, 2.75) is 5.33 Å². The largest absolute Gasteiger partial charge is 0.385 e. The molecule has 10 heavy (non-hydrogen) atoms. The first-order valence-electron chi connectivity index (χ1n) is 2.87. The lowest BCUT2D eigenvalue weighted by Crippen LogP contribution is -1.72. The van der Waals surface area contributed by atoms with Crippen LogP contribution in [0.4, 0.5) is 5.69 Å². The SMILES string of the molecule is N#[N+]c1ccc(CBr)cc1. The Labute approximate surface area is 67.6 Å². The fourth-order valence-corrected chi connectivity index (χ4v) is 1.03. The second-order valence-corrected chi connectivity index (χ2v) is 2.46. The van der Waals surface area contributed by atoms with Crippen LogP contribution in [0.15, 0.2) is 24.3 Å². The number of hydrogen-bond donors (Lipinski definition) is 0. The zero-order valence-electron chi connectivity index (χ0n) is 5.29. The first-order valence-corrected chi connectivity index (χ1v) is 3.99. The molecule has 1 aromatic carbocycles. The summed E-state index contributed by atoms with van der Waals surface area (Å²) in [6, 6.07) is 7.33. The van der Waals surface area contributed by atoms with Gasteiger partial charge in [-0.25, -0.2) is 0 Å². The van der Waals surface area contributed by atoms with Gasteiger partial charge in [-0.05, 0) is 5.56 Å². The molecule has 0 aliphatic heterocycles.